The quantitative estimate of drug-likeness (QED) is 0.637. The molecule has 0 unspecified atom stereocenters. The standard InChI is InChI=1S/C20H20ClF3N2O5S/c1-19(2)17(27)16(26(3)32(29,30)13-7-5-12(21)6-8-13)14-10-11(4-9-15(14)31-19)18(28)25-20(22,23)24/h4-10,16-17,27H,1-3H3,(H,25,28)/t16-,17+/m0/s1. The van der Waals surface area contributed by atoms with Crippen molar-refractivity contribution in [3.8, 4) is 5.75 Å². The predicted octanol–water partition coefficient (Wildman–Crippen LogP) is 3.48. The van der Waals surface area contributed by atoms with E-state index < -0.39 is 40.0 Å². The summed E-state index contributed by atoms with van der Waals surface area (Å²) in [6.07, 6.45) is -6.36. The van der Waals surface area contributed by atoms with Crippen LogP contribution in [-0.4, -0.2) is 48.8 Å². The van der Waals surface area contributed by atoms with Crippen LogP contribution in [0.3, 0.4) is 0 Å². The normalized spacial score (nSPS) is 20.4. The van der Waals surface area contributed by atoms with Crippen LogP contribution in [0.5, 0.6) is 5.75 Å². The van der Waals surface area contributed by atoms with Crippen LogP contribution in [0.2, 0.25) is 5.02 Å². The number of aliphatic hydroxyl groups excluding tert-OH is 1. The molecule has 174 valence electrons. The molecule has 0 saturated heterocycles. The van der Waals surface area contributed by atoms with E-state index in [4.69, 9.17) is 16.3 Å². The van der Waals surface area contributed by atoms with Crippen molar-refractivity contribution in [1.82, 2.24) is 9.62 Å². The van der Waals surface area contributed by atoms with Crippen molar-refractivity contribution in [2.75, 3.05) is 7.05 Å². The molecule has 1 aliphatic heterocycles. The van der Waals surface area contributed by atoms with Crippen LogP contribution in [0.1, 0.15) is 35.8 Å². The molecule has 2 N–H and O–H groups in total. The van der Waals surface area contributed by atoms with E-state index in [0.29, 0.717) is 5.02 Å². The van der Waals surface area contributed by atoms with Crippen molar-refractivity contribution < 1.29 is 36.2 Å². The number of carbonyl (C=O) groups excluding carboxylic acids is 1. The minimum absolute atomic E-state index is 0.0479. The minimum Gasteiger partial charge on any atom is -0.485 e. The second-order valence-corrected chi connectivity index (χ2v) is 10.2. The predicted molar refractivity (Wildman–Crippen MR) is 110 cm³/mol. The van der Waals surface area contributed by atoms with Gasteiger partial charge in [-0.05, 0) is 56.3 Å². The van der Waals surface area contributed by atoms with Crippen LogP contribution in [0.15, 0.2) is 47.4 Å². The number of likely N-dealkylation sites (N-methyl/N-ethyl adjacent to an activating group) is 1. The van der Waals surface area contributed by atoms with Crippen LogP contribution >= 0.6 is 11.6 Å². The van der Waals surface area contributed by atoms with E-state index in [2.05, 4.69) is 0 Å². The summed E-state index contributed by atoms with van der Waals surface area (Å²) < 4.78 is 70.8. The molecule has 0 aliphatic carbocycles. The van der Waals surface area contributed by atoms with Crippen LogP contribution in [0.25, 0.3) is 0 Å². The fourth-order valence-electron chi connectivity index (χ4n) is 3.43. The maximum Gasteiger partial charge on any atom is 0.484 e. The molecule has 0 fully saturated rings. The van der Waals surface area contributed by atoms with E-state index in [1.54, 1.807) is 13.8 Å². The number of nitrogens with zero attached hydrogens (tertiary/aromatic N) is 1. The number of rotatable bonds is 4. The number of hydrogen-bond donors (Lipinski definition) is 2. The lowest BCUT2D eigenvalue weighted by Gasteiger charge is -2.44. The minimum atomic E-state index is -4.95. The summed E-state index contributed by atoms with van der Waals surface area (Å²) in [7, 11) is -2.94. The topological polar surface area (TPSA) is 95.9 Å². The van der Waals surface area contributed by atoms with Crippen molar-refractivity contribution in [2.45, 2.75) is 42.8 Å². The van der Waals surface area contributed by atoms with E-state index in [1.807, 2.05) is 0 Å². The Bertz CT molecular complexity index is 1140. The molecule has 1 amide bonds. The molecule has 0 spiro atoms. The Morgan fingerprint density at radius 2 is 1.78 bits per heavy atom. The molecule has 1 aliphatic rings. The Balaban J connectivity index is 2.10. The first-order valence-corrected chi connectivity index (χ1v) is 11.1. The zero-order valence-corrected chi connectivity index (χ0v) is 18.7. The summed E-state index contributed by atoms with van der Waals surface area (Å²) in [5.41, 5.74) is -1.57. The van der Waals surface area contributed by atoms with Crippen molar-refractivity contribution >= 4 is 27.5 Å². The highest BCUT2D eigenvalue weighted by Crippen LogP contribution is 2.44. The number of sulfonamides is 1. The number of nitrogens with one attached hydrogen (secondary N) is 1. The lowest BCUT2D eigenvalue weighted by molar-refractivity contribution is -0.146. The monoisotopic (exact) mass is 492 g/mol. The van der Waals surface area contributed by atoms with Crippen molar-refractivity contribution in [3.63, 3.8) is 0 Å². The number of ether oxygens (including phenoxy) is 1. The molecule has 2 atom stereocenters. The van der Waals surface area contributed by atoms with Gasteiger partial charge in [-0.2, -0.15) is 17.5 Å². The second kappa shape index (κ2) is 8.22. The summed E-state index contributed by atoms with van der Waals surface area (Å²) in [5, 5.41) is 12.2. The summed E-state index contributed by atoms with van der Waals surface area (Å²) in [4.78, 5) is 11.9. The number of benzene rings is 2. The van der Waals surface area contributed by atoms with Gasteiger partial charge in [0.25, 0.3) is 5.91 Å². The third kappa shape index (κ3) is 4.70. The Labute approximate surface area is 187 Å². The third-order valence-electron chi connectivity index (χ3n) is 5.11. The van der Waals surface area contributed by atoms with Crippen LogP contribution < -0.4 is 10.1 Å². The van der Waals surface area contributed by atoms with E-state index in [9.17, 15) is 31.5 Å². The fourth-order valence-corrected chi connectivity index (χ4v) is 4.89. The molecule has 12 heteroatoms. The van der Waals surface area contributed by atoms with Gasteiger partial charge in [0.05, 0.1) is 10.9 Å². The Kier molecular flexibility index (Phi) is 6.24. The van der Waals surface area contributed by atoms with E-state index in [0.717, 1.165) is 21.8 Å². The third-order valence-corrected chi connectivity index (χ3v) is 7.22. The Morgan fingerprint density at radius 3 is 2.34 bits per heavy atom. The zero-order valence-electron chi connectivity index (χ0n) is 17.1. The smallest absolute Gasteiger partial charge is 0.484 e. The van der Waals surface area contributed by atoms with Gasteiger partial charge in [-0.15, -0.1) is 0 Å². The van der Waals surface area contributed by atoms with E-state index >= 15 is 0 Å². The van der Waals surface area contributed by atoms with Crippen LogP contribution in [-0.2, 0) is 10.0 Å². The summed E-state index contributed by atoms with van der Waals surface area (Å²) >= 11 is 5.83. The molecule has 7 nitrogen and oxygen atoms in total. The summed E-state index contributed by atoms with van der Waals surface area (Å²) in [6, 6.07) is 7.57. The first-order valence-electron chi connectivity index (χ1n) is 9.27. The first kappa shape index (κ1) is 24.3. The molecule has 0 saturated carbocycles. The van der Waals surface area contributed by atoms with Crippen LogP contribution in [0, 0.1) is 0 Å². The lowest BCUT2D eigenvalue weighted by atomic mass is 9.86. The molecule has 1 heterocycles. The van der Waals surface area contributed by atoms with Gasteiger partial charge in [0.1, 0.15) is 17.5 Å². The molecule has 3 rings (SSSR count). The average molecular weight is 493 g/mol. The second-order valence-electron chi connectivity index (χ2n) is 7.77. The van der Waals surface area contributed by atoms with Gasteiger partial charge in [-0.1, -0.05) is 11.6 Å². The largest absolute Gasteiger partial charge is 0.485 e. The van der Waals surface area contributed by atoms with Gasteiger partial charge in [0, 0.05) is 23.2 Å². The number of halogens is 4. The molecular weight excluding hydrogens is 473 g/mol. The molecule has 0 radical (unpaired) electrons. The van der Waals surface area contributed by atoms with Gasteiger partial charge in [0.2, 0.25) is 10.0 Å². The number of alkyl halides is 3. The maximum atomic E-state index is 13.2. The number of aliphatic hydroxyl groups is 1. The highest BCUT2D eigenvalue weighted by molar-refractivity contribution is 7.89. The molecular formula is C20H20ClF3N2O5S. The molecule has 0 bridgehead atoms. The first-order chi connectivity index (χ1) is 14.6. The highest BCUT2D eigenvalue weighted by Gasteiger charge is 2.47. The molecule has 0 aromatic heterocycles. The fraction of sp³-hybridized carbons (Fsp3) is 0.350. The van der Waals surface area contributed by atoms with Gasteiger partial charge >= 0.3 is 6.30 Å². The zero-order chi connectivity index (χ0) is 24.1. The number of carbonyl (C=O) groups is 1. The molecule has 32 heavy (non-hydrogen) atoms. The van der Waals surface area contributed by atoms with Crippen molar-refractivity contribution in [2.24, 2.45) is 0 Å². The average Bonchev–Trinajstić information content (AvgIpc) is 2.67. The Morgan fingerprint density at radius 1 is 1.19 bits per heavy atom. The maximum absolute atomic E-state index is 13.2. The van der Waals surface area contributed by atoms with E-state index in [1.165, 1.54) is 37.4 Å². The number of amides is 1. The van der Waals surface area contributed by atoms with E-state index in [-0.39, 0.29) is 21.8 Å². The highest BCUT2D eigenvalue weighted by atomic mass is 35.5. The summed E-state index contributed by atoms with van der Waals surface area (Å²) in [6.45, 7) is 3.08. The lowest BCUT2D eigenvalue weighted by Crippen LogP contribution is -2.53. The molecule has 2 aromatic rings. The van der Waals surface area contributed by atoms with Gasteiger partial charge < -0.3 is 9.84 Å². The van der Waals surface area contributed by atoms with Gasteiger partial charge in [-0.25, -0.2) is 8.42 Å². The van der Waals surface area contributed by atoms with Crippen molar-refractivity contribution in [3.05, 3.63) is 58.6 Å². The number of hydrogen-bond acceptors (Lipinski definition) is 5. The number of fused-ring (bicyclic) bond motifs is 1. The van der Waals surface area contributed by atoms with Gasteiger partial charge in [-0.3, -0.25) is 10.1 Å². The van der Waals surface area contributed by atoms with Crippen molar-refractivity contribution in [1.29, 1.82) is 0 Å². The van der Waals surface area contributed by atoms with Gasteiger partial charge in [0.15, 0.2) is 0 Å². The molecule has 2 aromatic carbocycles. The summed E-state index contributed by atoms with van der Waals surface area (Å²) in [5.74, 6) is -1.30. The Hall–Kier alpha value is -2.34. The SMILES string of the molecule is CN([C@H]1c2cc(C(=O)NC(F)(F)F)ccc2OC(C)(C)[C@@H]1O)S(=O)(=O)c1ccc(Cl)cc1. The van der Waals surface area contributed by atoms with Crippen LogP contribution in [0.4, 0.5) is 13.2 Å².